The lowest BCUT2D eigenvalue weighted by molar-refractivity contribution is 0.0651. The van der Waals surface area contributed by atoms with E-state index in [-0.39, 0.29) is 24.8 Å². The summed E-state index contributed by atoms with van der Waals surface area (Å²) in [5.41, 5.74) is 0.804. The molecule has 0 aliphatic carbocycles. The summed E-state index contributed by atoms with van der Waals surface area (Å²) in [7, 11) is 1.55. The molecular weight excluding hydrogens is 236 g/mol. The van der Waals surface area contributed by atoms with Gasteiger partial charge in [-0.3, -0.25) is 9.59 Å². The van der Waals surface area contributed by atoms with Crippen molar-refractivity contribution in [2.45, 2.75) is 6.92 Å². The van der Waals surface area contributed by atoms with E-state index >= 15 is 0 Å². The Bertz CT molecular complexity index is 414. The number of carbonyl (C=O) groups excluding carboxylic acids is 2. The zero-order valence-corrected chi connectivity index (χ0v) is 10.6. The first kappa shape index (κ1) is 14.4. The molecule has 0 atom stereocenters. The molecule has 1 aromatic rings. The number of ether oxygens (including phenoxy) is 1. The maximum Gasteiger partial charge on any atom is 0.270 e. The largest absolute Gasteiger partial charge is 0.395 e. The molecule has 0 aliphatic rings. The number of aromatic amines is 1. The van der Waals surface area contributed by atoms with Gasteiger partial charge in [-0.2, -0.15) is 0 Å². The minimum atomic E-state index is -0.256. The van der Waals surface area contributed by atoms with Gasteiger partial charge in [0.2, 0.25) is 0 Å². The van der Waals surface area contributed by atoms with E-state index in [0.717, 1.165) is 0 Å². The van der Waals surface area contributed by atoms with Crippen molar-refractivity contribution in [2.24, 2.45) is 0 Å². The van der Waals surface area contributed by atoms with Gasteiger partial charge in [0.25, 0.3) is 5.91 Å². The molecule has 0 saturated carbocycles. The van der Waals surface area contributed by atoms with E-state index in [2.05, 4.69) is 4.98 Å². The van der Waals surface area contributed by atoms with E-state index < -0.39 is 0 Å². The predicted octanol–water partition coefficient (Wildman–Crippen LogP) is 0.298. The van der Waals surface area contributed by atoms with Gasteiger partial charge in [-0.15, -0.1) is 0 Å². The maximum absolute atomic E-state index is 12.1. The highest BCUT2D eigenvalue weighted by molar-refractivity contribution is 5.99. The average molecular weight is 254 g/mol. The molecule has 6 heteroatoms. The summed E-state index contributed by atoms with van der Waals surface area (Å²) in [6.07, 6.45) is 1.50. The predicted molar refractivity (Wildman–Crippen MR) is 65.7 cm³/mol. The van der Waals surface area contributed by atoms with Gasteiger partial charge in [-0.1, -0.05) is 0 Å². The molecule has 0 aromatic carbocycles. The lowest BCUT2D eigenvalue weighted by Gasteiger charge is -2.20. The van der Waals surface area contributed by atoms with E-state index in [1.54, 1.807) is 7.11 Å². The second kappa shape index (κ2) is 6.93. The van der Waals surface area contributed by atoms with Crippen LogP contribution >= 0.6 is 0 Å². The van der Waals surface area contributed by atoms with E-state index in [1.807, 2.05) is 0 Å². The first-order valence-corrected chi connectivity index (χ1v) is 5.68. The van der Waals surface area contributed by atoms with Crippen molar-refractivity contribution in [3.8, 4) is 0 Å². The summed E-state index contributed by atoms with van der Waals surface area (Å²) in [4.78, 5) is 27.5. The number of nitrogens with one attached hydrogen (secondary N) is 1. The summed E-state index contributed by atoms with van der Waals surface area (Å²) >= 11 is 0. The highest BCUT2D eigenvalue weighted by atomic mass is 16.5. The standard InChI is InChI=1S/C12H18N2O4/c1-9(16)10-7-11(13-8-10)12(17)14(3-5-15)4-6-18-2/h7-8,13,15H,3-6H2,1-2H3. The molecule has 0 spiro atoms. The van der Waals surface area contributed by atoms with Crippen LogP contribution in [0.4, 0.5) is 0 Å². The Kier molecular flexibility index (Phi) is 5.54. The Hall–Kier alpha value is -1.66. The third-order valence-electron chi connectivity index (χ3n) is 2.54. The lowest BCUT2D eigenvalue weighted by atomic mass is 10.2. The summed E-state index contributed by atoms with van der Waals surface area (Å²) in [6.45, 7) is 2.34. The Labute approximate surface area is 106 Å². The first-order valence-electron chi connectivity index (χ1n) is 5.68. The number of hydrogen-bond acceptors (Lipinski definition) is 4. The molecule has 0 saturated heterocycles. The minimum Gasteiger partial charge on any atom is -0.395 e. The van der Waals surface area contributed by atoms with Crippen LogP contribution in [0.1, 0.15) is 27.8 Å². The van der Waals surface area contributed by atoms with Crippen LogP contribution in [0.3, 0.4) is 0 Å². The highest BCUT2D eigenvalue weighted by Crippen LogP contribution is 2.07. The van der Waals surface area contributed by atoms with E-state index in [1.165, 1.54) is 24.1 Å². The Balaban J connectivity index is 2.77. The molecule has 1 rings (SSSR count). The van der Waals surface area contributed by atoms with Crippen molar-refractivity contribution in [1.82, 2.24) is 9.88 Å². The molecule has 100 valence electrons. The summed E-state index contributed by atoms with van der Waals surface area (Å²) in [5, 5.41) is 8.93. The fraction of sp³-hybridized carbons (Fsp3) is 0.500. The number of methoxy groups -OCH3 is 1. The van der Waals surface area contributed by atoms with Gasteiger partial charge in [0.15, 0.2) is 5.78 Å². The Morgan fingerprint density at radius 3 is 2.67 bits per heavy atom. The molecule has 0 bridgehead atoms. The van der Waals surface area contributed by atoms with E-state index in [4.69, 9.17) is 9.84 Å². The van der Waals surface area contributed by atoms with Gasteiger partial charge in [0, 0.05) is 32.0 Å². The van der Waals surface area contributed by atoms with Gasteiger partial charge in [0.05, 0.1) is 13.2 Å². The number of aliphatic hydroxyl groups excluding tert-OH is 1. The highest BCUT2D eigenvalue weighted by Gasteiger charge is 2.17. The molecule has 1 aromatic heterocycles. The summed E-state index contributed by atoms with van der Waals surface area (Å²) < 4.78 is 4.91. The monoisotopic (exact) mass is 254 g/mol. The molecule has 18 heavy (non-hydrogen) atoms. The number of amides is 1. The molecule has 0 unspecified atom stereocenters. The van der Waals surface area contributed by atoms with Crippen molar-refractivity contribution in [1.29, 1.82) is 0 Å². The van der Waals surface area contributed by atoms with Crippen LogP contribution in [0.5, 0.6) is 0 Å². The zero-order valence-electron chi connectivity index (χ0n) is 10.6. The number of carbonyl (C=O) groups is 2. The molecule has 6 nitrogen and oxygen atoms in total. The third kappa shape index (κ3) is 3.68. The number of aliphatic hydroxyl groups is 1. The first-order chi connectivity index (χ1) is 8.60. The van der Waals surface area contributed by atoms with Gasteiger partial charge in [-0.05, 0) is 13.0 Å². The minimum absolute atomic E-state index is 0.101. The quantitative estimate of drug-likeness (QED) is 0.685. The zero-order chi connectivity index (χ0) is 13.5. The fourth-order valence-electron chi connectivity index (χ4n) is 1.53. The molecule has 0 fully saturated rings. The van der Waals surface area contributed by atoms with Crippen molar-refractivity contribution < 1.29 is 19.4 Å². The number of Topliss-reactive ketones (excluding diaryl/α,β-unsaturated/α-hetero) is 1. The second-order valence-electron chi connectivity index (χ2n) is 3.87. The number of rotatable bonds is 7. The third-order valence-corrected chi connectivity index (χ3v) is 2.54. The fourth-order valence-corrected chi connectivity index (χ4v) is 1.53. The molecule has 0 radical (unpaired) electrons. The van der Waals surface area contributed by atoms with Crippen molar-refractivity contribution in [2.75, 3.05) is 33.4 Å². The van der Waals surface area contributed by atoms with Crippen molar-refractivity contribution >= 4 is 11.7 Å². The van der Waals surface area contributed by atoms with Gasteiger partial charge in [-0.25, -0.2) is 0 Å². The summed E-state index contributed by atoms with van der Waals surface area (Å²) in [6, 6.07) is 1.52. The number of H-pyrrole nitrogens is 1. The lowest BCUT2D eigenvalue weighted by Crippen LogP contribution is -2.36. The SMILES string of the molecule is COCCN(CCO)C(=O)c1cc(C(C)=O)c[nH]1. The number of aromatic nitrogens is 1. The second-order valence-corrected chi connectivity index (χ2v) is 3.87. The maximum atomic E-state index is 12.1. The number of hydrogen-bond donors (Lipinski definition) is 2. The normalized spacial score (nSPS) is 10.4. The van der Waals surface area contributed by atoms with Gasteiger partial charge < -0.3 is 19.7 Å². The van der Waals surface area contributed by atoms with Gasteiger partial charge in [0.1, 0.15) is 5.69 Å². The topological polar surface area (TPSA) is 82.6 Å². The molecule has 2 N–H and O–H groups in total. The average Bonchev–Trinajstić information content (AvgIpc) is 2.83. The van der Waals surface area contributed by atoms with Crippen LogP contribution in [0.15, 0.2) is 12.3 Å². The van der Waals surface area contributed by atoms with E-state index in [0.29, 0.717) is 24.4 Å². The molecule has 1 heterocycles. The van der Waals surface area contributed by atoms with Crippen LogP contribution in [0.2, 0.25) is 0 Å². The Morgan fingerprint density at radius 2 is 2.17 bits per heavy atom. The smallest absolute Gasteiger partial charge is 0.270 e. The Morgan fingerprint density at radius 1 is 1.44 bits per heavy atom. The van der Waals surface area contributed by atoms with E-state index in [9.17, 15) is 9.59 Å². The molecule has 1 amide bonds. The van der Waals surface area contributed by atoms with Crippen LogP contribution in [0.25, 0.3) is 0 Å². The van der Waals surface area contributed by atoms with Crippen LogP contribution in [-0.2, 0) is 4.74 Å². The summed E-state index contributed by atoms with van der Waals surface area (Å²) in [5.74, 6) is -0.357. The van der Waals surface area contributed by atoms with Crippen LogP contribution in [0, 0.1) is 0 Å². The number of ketones is 1. The molecular formula is C12H18N2O4. The van der Waals surface area contributed by atoms with Gasteiger partial charge >= 0.3 is 0 Å². The van der Waals surface area contributed by atoms with Crippen molar-refractivity contribution in [3.05, 3.63) is 23.5 Å². The van der Waals surface area contributed by atoms with Crippen molar-refractivity contribution in [3.63, 3.8) is 0 Å². The number of nitrogens with zero attached hydrogens (tertiary/aromatic N) is 1. The van der Waals surface area contributed by atoms with Crippen LogP contribution in [-0.4, -0.2) is 60.1 Å². The van der Waals surface area contributed by atoms with Crippen LogP contribution < -0.4 is 0 Å². The molecule has 0 aliphatic heterocycles.